The lowest BCUT2D eigenvalue weighted by molar-refractivity contribution is 0.791. The van der Waals surface area contributed by atoms with Gasteiger partial charge in [0.05, 0.1) is 29.0 Å². The monoisotopic (exact) mass is 250 g/mol. The predicted molar refractivity (Wildman–Crippen MR) is 74.0 cm³/mol. The molecule has 4 nitrogen and oxygen atoms in total. The topological polar surface area (TPSA) is 85.6 Å². The van der Waals surface area contributed by atoms with Crippen LogP contribution in [0.25, 0.3) is 5.70 Å². The minimum absolute atomic E-state index is 0.201. The Balaban J connectivity index is 2.57. The zero-order valence-electron chi connectivity index (χ0n) is 10.9. The molecule has 0 radical (unpaired) electrons. The fourth-order valence-corrected chi connectivity index (χ4v) is 2.26. The van der Waals surface area contributed by atoms with Crippen LogP contribution < -0.4 is 11.1 Å². The van der Waals surface area contributed by atoms with Crippen LogP contribution in [0.5, 0.6) is 0 Å². The van der Waals surface area contributed by atoms with Crippen molar-refractivity contribution in [2.45, 2.75) is 13.8 Å². The predicted octanol–water partition coefficient (Wildman–Crippen LogP) is 2.54. The van der Waals surface area contributed by atoms with Crippen molar-refractivity contribution in [1.82, 2.24) is 5.32 Å². The van der Waals surface area contributed by atoms with E-state index in [2.05, 4.69) is 17.5 Å². The quantitative estimate of drug-likeness (QED) is 0.750. The normalized spacial score (nSPS) is 18.6. The van der Waals surface area contributed by atoms with Gasteiger partial charge in [-0.1, -0.05) is 19.1 Å². The van der Waals surface area contributed by atoms with Crippen molar-refractivity contribution in [3.8, 4) is 12.1 Å². The van der Waals surface area contributed by atoms with Crippen LogP contribution in [-0.4, -0.2) is 0 Å². The van der Waals surface area contributed by atoms with Crippen LogP contribution in [0.1, 0.15) is 19.4 Å². The van der Waals surface area contributed by atoms with E-state index in [1.807, 2.05) is 32.0 Å². The van der Waals surface area contributed by atoms with Gasteiger partial charge in [-0.15, -0.1) is 0 Å². The molecular formula is C15H14N4. The molecule has 0 fully saturated rings. The van der Waals surface area contributed by atoms with E-state index < -0.39 is 0 Å². The number of nitrogens with one attached hydrogen (secondary N) is 1. The van der Waals surface area contributed by atoms with Crippen molar-refractivity contribution in [3.63, 3.8) is 0 Å². The molecule has 0 saturated carbocycles. The number of allylic oxidation sites excluding steroid dienone is 3. The lowest BCUT2D eigenvalue weighted by Gasteiger charge is -2.25. The summed E-state index contributed by atoms with van der Waals surface area (Å²) >= 11 is 0. The summed E-state index contributed by atoms with van der Waals surface area (Å²) in [4.78, 5) is 0. The van der Waals surface area contributed by atoms with E-state index in [4.69, 9.17) is 11.0 Å². The fourth-order valence-electron chi connectivity index (χ4n) is 2.26. The highest BCUT2D eigenvalue weighted by molar-refractivity contribution is 5.76. The van der Waals surface area contributed by atoms with Crippen molar-refractivity contribution < 1.29 is 0 Å². The Morgan fingerprint density at radius 3 is 2.47 bits per heavy atom. The Labute approximate surface area is 112 Å². The number of nitriles is 2. The van der Waals surface area contributed by atoms with Gasteiger partial charge in [-0.3, -0.25) is 0 Å². The average molecular weight is 250 g/mol. The van der Waals surface area contributed by atoms with Crippen LogP contribution in [0.15, 0.2) is 41.1 Å². The number of hydrogen-bond donors (Lipinski definition) is 2. The third-order valence-corrected chi connectivity index (χ3v) is 3.27. The van der Waals surface area contributed by atoms with Crippen LogP contribution in [0.4, 0.5) is 5.69 Å². The first-order valence-electron chi connectivity index (χ1n) is 5.96. The second kappa shape index (κ2) is 4.88. The number of hydrogen-bond acceptors (Lipinski definition) is 4. The van der Waals surface area contributed by atoms with E-state index in [0.29, 0.717) is 16.8 Å². The van der Waals surface area contributed by atoms with Crippen molar-refractivity contribution in [1.29, 1.82) is 10.5 Å². The van der Waals surface area contributed by atoms with Crippen LogP contribution in [0.2, 0.25) is 0 Å². The van der Waals surface area contributed by atoms with E-state index >= 15 is 0 Å². The lowest BCUT2D eigenvalue weighted by atomic mass is 9.86. The van der Waals surface area contributed by atoms with Gasteiger partial charge in [-0.2, -0.15) is 10.5 Å². The maximum atomic E-state index is 9.35. The van der Waals surface area contributed by atoms with Gasteiger partial charge in [0.25, 0.3) is 0 Å². The Morgan fingerprint density at radius 2 is 1.89 bits per heavy atom. The van der Waals surface area contributed by atoms with Gasteiger partial charge < -0.3 is 11.1 Å². The zero-order valence-corrected chi connectivity index (χ0v) is 10.9. The molecule has 2 rings (SSSR count). The molecule has 0 spiro atoms. The number of anilines is 1. The molecule has 1 aliphatic heterocycles. The highest BCUT2D eigenvalue weighted by atomic mass is 14.9. The van der Waals surface area contributed by atoms with Gasteiger partial charge in [0.15, 0.2) is 0 Å². The Hall–Kier alpha value is -2.72. The zero-order chi connectivity index (χ0) is 14.0. The average Bonchev–Trinajstić information content (AvgIpc) is 2.38. The summed E-state index contributed by atoms with van der Waals surface area (Å²) in [5.74, 6) is -0.201. The molecule has 94 valence electrons. The van der Waals surface area contributed by atoms with Crippen LogP contribution in [-0.2, 0) is 0 Å². The molecule has 1 aliphatic rings. The van der Waals surface area contributed by atoms with Crippen molar-refractivity contribution in [2.24, 2.45) is 5.92 Å². The Kier molecular flexibility index (Phi) is 3.27. The van der Waals surface area contributed by atoms with Crippen LogP contribution in [0.3, 0.4) is 0 Å². The van der Waals surface area contributed by atoms with Gasteiger partial charge in [-0.05, 0) is 19.1 Å². The number of nitrogens with zero attached hydrogens (tertiary/aromatic N) is 2. The molecule has 1 unspecified atom stereocenters. The summed E-state index contributed by atoms with van der Waals surface area (Å²) in [6, 6.07) is 11.7. The molecule has 4 heteroatoms. The molecule has 1 heterocycles. The van der Waals surface area contributed by atoms with Crippen molar-refractivity contribution >= 4 is 11.4 Å². The summed E-state index contributed by atoms with van der Waals surface area (Å²) in [6.07, 6.45) is 0. The first-order chi connectivity index (χ1) is 9.08. The minimum Gasteiger partial charge on any atom is -0.399 e. The minimum atomic E-state index is -0.201. The second-order valence-corrected chi connectivity index (χ2v) is 4.52. The molecule has 1 aromatic carbocycles. The first-order valence-corrected chi connectivity index (χ1v) is 5.96. The van der Waals surface area contributed by atoms with E-state index in [1.165, 1.54) is 0 Å². The SMILES string of the molecule is CC1=C(C#N)C(C)C(C#N)=C(c2cccc(N)c2)N1. The number of nitrogen functional groups attached to an aromatic ring is 1. The number of dihydropyridines is 1. The van der Waals surface area contributed by atoms with Crippen LogP contribution >= 0.6 is 0 Å². The molecule has 0 saturated heterocycles. The highest BCUT2D eigenvalue weighted by Crippen LogP contribution is 2.32. The number of nitrogens with two attached hydrogens (primary N) is 1. The molecule has 0 amide bonds. The summed E-state index contributed by atoms with van der Waals surface area (Å²) in [7, 11) is 0. The summed E-state index contributed by atoms with van der Waals surface area (Å²) in [5.41, 5.74) is 9.96. The highest BCUT2D eigenvalue weighted by Gasteiger charge is 2.26. The van der Waals surface area contributed by atoms with Crippen molar-refractivity contribution in [2.75, 3.05) is 5.73 Å². The molecular weight excluding hydrogens is 236 g/mol. The third kappa shape index (κ3) is 2.17. The van der Waals surface area contributed by atoms with Gasteiger partial charge in [0, 0.05) is 22.9 Å². The van der Waals surface area contributed by atoms with E-state index in [1.54, 1.807) is 6.07 Å². The van der Waals surface area contributed by atoms with Gasteiger partial charge in [0.1, 0.15) is 0 Å². The first kappa shape index (κ1) is 12.7. The third-order valence-electron chi connectivity index (χ3n) is 3.27. The molecule has 3 N–H and O–H groups in total. The van der Waals surface area contributed by atoms with Crippen molar-refractivity contribution in [3.05, 3.63) is 46.7 Å². The van der Waals surface area contributed by atoms with Gasteiger partial charge in [-0.25, -0.2) is 0 Å². The standard InChI is InChI=1S/C15H14N4/c1-9-13(7-16)10(2)19-15(14(9)8-17)11-4-3-5-12(18)6-11/h3-6,9,19H,18H2,1-2H3. The molecule has 0 bridgehead atoms. The van der Waals surface area contributed by atoms with E-state index in [0.717, 1.165) is 17.0 Å². The second-order valence-electron chi connectivity index (χ2n) is 4.52. The number of benzene rings is 1. The van der Waals surface area contributed by atoms with Gasteiger partial charge in [0.2, 0.25) is 0 Å². The smallest absolute Gasteiger partial charge is 0.0975 e. The maximum Gasteiger partial charge on any atom is 0.0975 e. The molecule has 19 heavy (non-hydrogen) atoms. The lowest BCUT2D eigenvalue weighted by Crippen LogP contribution is -2.23. The maximum absolute atomic E-state index is 9.35. The molecule has 1 atom stereocenters. The fraction of sp³-hybridized carbons (Fsp3) is 0.200. The summed E-state index contributed by atoms with van der Waals surface area (Å²) < 4.78 is 0. The molecule has 1 aromatic rings. The van der Waals surface area contributed by atoms with E-state index in [9.17, 15) is 5.26 Å². The van der Waals surface area contributed by atoms with Crippen LogP contribution in [0, 0.1) is 28.6 Å². The molecule has 0 aliphatic carbocycles. The van der Waals surface area contributed by atoms with E-state index in [-0.39, 0.29) is 5.92 Å². The Morgan fingerprint density at radius 1 is 1.21 bits per heavy atom. The summed E-state index contributed by atoms with van der Waals surface area (Å²) in [6.45, 7) is 3.71. The largest absolute Gasteiger partial charge is 0.399 e. The van der Waals surface area contributed by atoms with Gasteiger partial charge >= 0.3 is 0 Å². The summed E-state index contributed by atoms with van der Waals surface area (Å²) in [5, 5.41) is 21.6. The Bertz CT molecular complexity index is 668. The molecule has 0 aromatic heterocycles. The number of rotatable bonds is 1.